The molecule has 37 heavy (non-hydrogen) atoms. The van der Waals surface area contributed by atoms with Crippen LogP contribution in [0.2, 0.25) is 0 Å². The van der Waals surface area contributed by atoms with E-state index in [0.29, 0.717) is 6.42 Å². The van der Waals surface area contributed by atoms with Crippen molar-refractivity contribution in [1.29, 1.82) is 0 Å². The minimum absolute atomic E-state index is 0.00796. The summed E-state index contributed by atoms with van der Waals surface area (Å²) in [7, 11) is 0. The molecule has 0 saturated carbocycles. The summed E-state index contributed by atoms with van der Waals surface area (Å²) in [5, 5.41) is 10.1. The van der Waals surface area contributed by atoms with Crippen molar-refractivity contribution < 1.29 is 23.8 Å². The zero-order valence-electron chi connectivity index (χ0n) is 21.8. The van der Waals surface area contributed by atoms with Gasteiger partial charge in [0.15, 0.2) is 0 Å². The number of benzene rings is 2. The summed E-state index contributed by atoms with van der Waals surface area (Å²) in [6, 6.07) is 16.1. The maximum absolute atomic E-state index is 13.9. The van der Waals surface area contributed by atoms with Crippen LogP contribution >= 0.6 is 0 Å². The third kappa shape index (κ3) is 6.44. The lowest BCUT2D eigenvalue weighted by Gasteiger charge is -2.25. The van der Waals surface area contributed by atoms with Crippen LogP contribution in [0.3, 0.4) is 0 Å². The minimum atomic E-state index is -0.728. The van der Waals surface area contributed by atoms with Crippen LogP contribution in [0.4, 0.5) is 4.39 Å². The van der Waals surface area contributed by atoms with E-state index in [9.17, 15) is 14.3 Å². The number of cyclic esters (lactones) is 1. The third-order valence-electron chi connectivity index (χ3n) is 6.42. The van der Waals surface area contributed by atoms with Gasteiger partial charge in [0.25, 0.3) is 0 Å². The molecule has 6 heteroatoms. The molecular formula is C31H34FNO4. The third-order valence-corrected chi connectivity index (χ3v) is 6.42. The van der Waals surface area contributed by atoms with Crippen molar-refractivity contribution in [2.45, 2.75) is 71.2 Å². The van der Waals surface area contributed by atoms with Crippen LogP contribution in [0.5, 0.6) is 5.75 Å². The topological polar surface area (TPSA) is 68.7 Å². The number of carbonyl (C=O) groups excluding carboxylic acids is 1. The number of carbonyl (C=O) groups is 1. The first-order valence-corrected chi connectivity index (χ1v) is 12.8. The maximum atomic E-state index is 13.9. The molecule has 0 spiro atoms. The van der Waals surface area contributed by atoms with Crippen molar-refractivity contribution in [2.24, 2.45) is 0 Å². The average Bonchev–Trinajstić information content (AvgIpc) is 2.86. The molecule has 0 radical (unpaired) electrons. The Bertz CT molecular complexity index is 1250. The number of esters is 1. The molecule has 2 aromatic carbocycles. The Hall–Kier alpha value is -3.51. The van der Waals surface area contributed by atoms with Gasteiger partial charge in [-0.2, -0.15) is 0 Å². The summed E-state index contributed by atoms with van der Waals surface area (Å²) in [6.07, 6.45) is 2.82. The molecule has 194 valence electrons. The molecule has 5 nitrogen and oxygen atoms in total. The van der Waals surface area contributed by atoms with Crippen LogP contribution in [0.1, 0.15) is 74.9 Å². The smallest absolute Gasteiger partial charge is 0.309 e. The molecule has 2 heterocycles. The highest BCUT2D eigenvalue weighted by Gasteiger charge is 2.27. The number of pyridine rings is 1. The van der Waals surface area contributed by atoms with E-state index in [1.165, 1.54) is 12.1 Å². The lowest BCUT2D eigenvalue weighted by atomic mass is 9.87. The summed E-state index contributed by atoms with van der Waals surface area (Å²) in [6.45, 7) is 8.66. The first kappa shape index (κ1) is 26.6. The summed E-state index contributed by atoms with van der Waals surface area (Å²) in [5.41, 5.74) is 5.38. The number of nitrogens with zero attached hydrogens (tertiary/aromatic N) is 1. The molecule has 1 saturated heterocycles. The lowest BCUT2D eigenvalue weighted by Crippen LogP contribution is -2.31. The zero-order valence-corrected chi connectivity index (χ0v) is 21.8. The quantitative estimate of drug-likeness (QED) is 0.343. The Kier molecular flexibility index (Phi) is 8.39. The van der Waals surface area contributed by atoms with Gasteiger partial charge in [0.05, 0.1) is 23.9 Å². The van der Waals surface area contributed by atoms with Crippen molar-refractivity contribution in [2.75, 3.05) is 0 Å². The van der Waals surface area contributed by atoms with Crippen LogP contribution in [-0.4, -0.2) is 28.3 Å². The molecule has 1 aromatic heterocycles. The number of hydrogen-bond acceptors (Lipinski definition) is 5. The Morgan fingerprint density at radius 1 is 1.05 bits per heavy atom. The second-order valence-corrected chi connectivity index (χ2v) is 10.0. The molecule has 3 aromatic rings. The van der Waals surface area contributed by atoms with Gasteiger partial charge >= 0.3 is 5.97 Å². The maximum Gasteiger partial charge on any atom is 0.309 e. The number of rotatable bonds is 8. The van der Waals surface area contributed by atoms with E-state index in [-0.39, 0.29) is 30.7 Å². The van der Waals surface area contributed by atoms with E-state index < -0.39 is 18.2 Å². The van der Waals surface area contributed by atoms with Gasteiger partial charge in [-0.25, -0.2) is 4.39 Å². The molecule has 0 bridgehead atoms. The van der Waals surface area contributed by atoms with Gasteiger partial charge in [0.1, 0.15) is 24.3 Å². The van der Waals surface area contributed by atoms with Crippen molar-refractivity contribution in [3.63, 3.8) is 0 Å². The van der Waals surface area contributed by atoms with E-state index in [2.05, 4.69) is 27.7 Å². The number of para-hydroxylation sites is 1. The highest BCUT2D eigenvalue weighted by molar-refractivity contribution is 5.80. The van der Waals surface area contributed by atoms with Crippen LogP contribution in [0, 0.1) is 5.82 Å². The van der Waals surface area contributed by atoms with E-state index >= 15 is 0 Å². The standard InChI is InChI=1S/C31H34FNO4/c1-19(2)30-26(15-14-25-16-23(34)17-28(35)37-25)29(21-10-12-22(32)13-11-21)27(31(33-30)20(3)4)18-36-24-8-6-5-7-9-24/h5-15,19-20,23,25,34H,16-18H2,1-4H3/t23-,25-/m1/s1. The SMILES string of the molecule is CC(C)c1nc(C(C)C)c(COc2ccccc2)c(-c2ccc(F)cc2)c1C=C[C@@H]1C[C@@H](O)CC(=O)O1. The monoisotopic (exact) mass is 503 g/mol. The predicted octanol–water partition coefficient (Wildman–Crippen LogP) is 6.79. The van der Waals surface area contributed by atoms with Gasteiger partial charge < -0.3 is 14.6 Å². The van der Waals surface area contributed by atoms with Gasteiger partial charge in [-0.05, 0) is 53.3 Å². The molecule has 0 amide bonds. The van der Waals surface area contributed by atoms with E-state index in [1.54, 1.807) is 12.1 Å². The minimum Gasteiger partial charge on any atom is -0.489 e. The summed E-state index contributed by atoms with van der Waals surface area (Å²) >= 11 is 0. The fourth-order valence-corrected chi connectivity index (χ4v) is 4.66. The van der Waals surface area contributed by atoms with E-state index in [0.717, 1.165) is 39.4 Å². The first-order valence-electron chi connectivity index (χ1n) is 12.8. The molecular weight excluding hydrogens is 469 g/mol. The number of aliphatic hydroxyl groups excluding tert-OH is 1. The van der Waals surface area contributed by atoms with Gasteiger partial charge in [0, 0.05) is 17.5 Å². The van der Waals surface area contributed by atoms with Gasteiger partial charge in [-0.1, -0.05) is 64.1 Å². The second-order valence-electron chi connectivity index (χ2n) is 10.0. The van der Waals surface area contributed by atoms with E-state index in [4.69, 9.17) is 14.5 Å². The number of hydrogen-bond donors (Lipinski definition) is 1. The fourth-order valence-electron chi connectivity index (χ4n) is 4.66. The zero-order chi connectivity index (χ0) is 26.5. The number of aliphatic hydroxyl groups is 1. The van der Waals surface area contributed by atoms with Crippen molar-refractivity contribution in [3.05, 3.63) is 89.0 Å². The molecule has 1 aliphatic rings. The Balaban J connectivity index is 1.90. The Morgan fingerprint density at radius 2 is 1.73 bits per heavy atom. The highest BCUT2D eigenvalue weighted by Crippen LogP contribution is 2.38. The number of aromatic nitrogens is 1. The average molecular weight is 504 g/mol. The summed E-state index contributed by atoms with van der Waals surface area (Å²) < 4.78 is 25.6. The second kappa shape index (κ2) is 11.7. The van der Waals surface area contributed by atoms with Crippen LogP contribution in [-0.2, 0) is 16.1 Å². The van der Waals surface area contributed by atoms with E-state index in [1.807, 2.05) is 42.5 Å². The van der Waals surface area contributed by atoms with Crippen molar-refractivity contribution >= 4 is 12.0 Å². The van der Waals surface area contributed by atoms with Crippen LogP contribution < -0.4 is 4.74 Å². The molecule has 4 rings (SSSR count). The van der Waals surface area contributed by atoms with Crippen LogP contribution in [0.25, 0.3) is 17.2 Å². The normalized spacial score (nSPS) is 18.0. The summed E-state index contributed by atoms with van der Waals surface area (Å²) in [5.74, 6) is 0.239. The van der Waals surface area contributed by atoms with Gasteiger partial charge in [0.2, 0.25) is 0 Å². The lowest BCUT2D eigenvalue weighted by molar-refractivity contribution is -0.156. The molecule has 0 aliphatic carbocycles. The van der Waals surface area contributed by atoms with Gasteiger partial charge in [-0.15, -0.1) is 0 Å². The van der Waals surface area contributed by atoms with Gasteiger partial charge in [-0.3, -0.25) is 9.78 Å². The fraction of sp³-hybridized carbons (Fsp3) is 0.355. The Labute approximate surface area is 218 Å². The number of halogens is 1. The van der Waals surface area contributed by atoms with Crippen LogP contribution in [0.15, 0.2) is 60.7 Å². The van der Waals surface area contributed by atoms with Crippen molar-refractivity contribution in [1.82, 2.24) is 4.98 Å². The molecule has 1 N–H and O–H groups in total. The number of ether oxygens (including phenoxy) is 2. The Morgan fingerprint density at radius 3 is 2.35 bits per heavy atom. The molecule has 1 aliphatic heterocycles. The predicted molar refractivity (Wildman–Crippen MR) is 143 cm³/mol. The molecule has 2 atom stereocenters. The van der Waals surface area contributed by atoms with Crippen molar-refractivity contribution in [3.8, 4) is 16.9 Å². The highest BCUT2D eigenvalue weighted by atomic mass is 19.1. The molecule has 1 fully saturated rings. The summed E-state index contributed by atoms with van der Waals surface area (Å²) in [4.78, 5) is 17.0. The largest absolute Gasteiger partial charge is 0.489 e. The molecule has 0 unspecified atom stereocenters. The first-order chi connectivity index (χ1) is 17.7.